The van der Waals surface area contributed by atoms with Crippen molar-refractivity contribution in [3.8, 4) is 5.75 Å². The first-order chi connectivity index (χ1) is 12.6. The summed E-state index contributed by atoms with van der Waals surface area (Å²) in [6.45, 7) is 7.68. The van der Waals surface area contributed by atoms with Gasteiger partial charge in [-0.3, -0.25) is 0 Å². The summed E-state index contributed by atoms with van der Waals surface area (Å²) in [6.07, 6.45) is 11.9. The van der Waals surface area contributed by atoms with Gasteiger partial charge in [-0.2, -0.15) is 0 Å². The summed E-state index contributed by atoms with van der Waals surface area (Å²) in [7, 11) is 0. The number of phenols is 1. The predicted molar refractivity (Wildman–Crippen MR) is 112 cm³/mol. The van der Waals surface area contributed by atoms with Crippen molar-refractivity contribution in [3.63, 3.8) is 0 Å². The molecule has 0 amide bonds. The minimum absolute atomic E-state index is 0.0331. The van der Waals surface area contributed by atoms with Gasteiger partial charge in [0.15, 0.2) is 0 Å². The summed E-state index contributed by atoms with van der Waals surface area (Å²) in [5, 5.41) is 21.4. The predicted octanol–water partition coefficient (Wildman–Crippen LogP) is 4.17. The molecular formula is C23H22GeO2. The van der Waals surface area contributed by atoms with E-state index in [4.69, 9.17) is 0 Å². The van der Waals surface area contributed by atoms with Crippen LogP contribution >= 0.6 is 0 Å². The number of para-hydroxylation sites is 1. The molecule has 0 fully saturated rings. The Hall–Kier alpha value is -2.72. The number of benzene rings is 2. The van der Waals surface area contributed by atoms with Crippen LogP contribution in [0.3, 0.4) is 0 Å². The molecular weight excluding hydrogens is 381 g/mol. The number of allylic oxidation sites excluding steroid dienone is 7. The fraction of sp³-hybridized carbons (Fsp3) is 0.0435. The van der Waals surface area contributed by atoms with Gasteiger partial charge in [0, 0.05) is 0 Å². The topological polar surface area (TPSA) is 40.5 Å². The van der Waals surface area contributed by atoms with Crippen LogP contribution < -0.4 is 8.79 Å². The van der Waals surface area contributed by atoms with Crippen LogP contribution in [0.4, 0.5) is 0 Å². The van der Waals surface area contributed by atoms with Gasteiger partial charge in [0.2, 0.25) is 0 Å². The number of hydrogen-bond donors (Lipinski definition) is 2. The normalized spacial score (nSPS) is 16.4. The van der Waals surface area contributed by atoms with Crippen LogP contribution in [-0.2, 0) is 0 Å². The Labute approximate surface area is 157 Å². The van der Waals surface area contributed by atoms with Gasteiger partial charge in [0.1, 0.15) is 0 Å². The number of phenolic OH excluding ortho intramolecular Hbond substituents is 1. The maximum absolute atomic E-state index is 10.8. The van der Waals surface area contributed by atoms with Crippen molar-refractivity contribution in [2.24, 2.45) is 0 Å². The molecule has 130 valence electrons. The van der Waals surface area contributed by atoms with Crippen LogP contribution in [0.2, 0.25) is 4.75 Å². The first-order valence-electron chi connectivity index (χ1n) is 8.52. The van der Waals surface area contributed by atoms with Crippen LogP contribution in [0.1, 0.15) is 0 Å². The van der Waals surface area contributed by atoms with Gasteiger partial charge < -0.3 is 0 Å². The molecule has 0 heterocycles. The first-order valence-corrected chi connectivity index (χ1v) is 12.9. The van der Waals surface area contributed by atoms with E-state index in [2.05, 4.69) is 37.4 Å². The maximum atomic E-state index is 10.8. The Kier molecular flexibility index (Phi) is 5.33. The molecule has 0 saturated heterocycles. The van der Waals surface area contributed by atoms with E-state index in [9.17, 15) is 10.2 Å². The number of aromatic hydroxyl groups is 1. The molecule has 2 nitrogen and oxygen atoms in total. The van der Waals surface area contributed by atoms with E-state index in [1.165, 1.54) is 0 Å². The molecule has 0 radical (unpaired) electrons. The first kappa shape index (κ1) is 18.1. The molecule has 2 N–H and O–H groups in total. The van der Waals surface area contributed by atoms with Crippen molar-refractivity contribution in [3.05, 3.63) is 114 Å². The molecule has 1 atom stereocenters. The van der Waals surface area contributed by atoms with Crippen molar-refractivity contribution in [1.82, 2.24) is 0 Å². The molecule has 1 unspecified atom stereocenters. The summed E-state index contributed by atoms with van der Waals surface area (Å²) in [6, 6.07) is 17.6. The second-order valence-corrected chi connectivity index (χ2v) is 14.5. The molecule has 0 bridgehead atoms. The Morgan fingerprint density at radius 3 is 2.15 bits per heavy atom. The number of aliphatic hydroxyl groups is 1. The van der Waals surface area contributed by atoms with Crippen LogP contribution in [-0.4, -0.2) is 23.5 Å². The molecule has 0 aromatic heterocycles. The van der Waals surface area contributed by atoms with E-state index in [-0.39, 0.29) is 16.3 Å². The van der Waals surface area contributed by atoms with Gasteiger partial charge in [-0.25, -0.2) is 0 Å². The summed E-state index contributed by atoms with van der Waals surface area (Å²) < 4.78 is 2.90. The minimum atomic E-state index is -3.56. The average Bonchev–Trinajstić information content (AvgIpc) is 3.18. The standard InChI is InChI=1S/C23H22GeO2/c1-3-11-21(18(2)25)24(20-14-7-8-15-20,19-12-5-4-6-13-19)22-16-9-10-17-23(22)26/h3-17,20,25-26H,1-2H2/b21-11+. The third-order valence-electron chi connectivity index (χ3n) is 4.83. The van der Waals surface area contributed by atoms with Gasteiger partial charge in [0.05, 0.1) is 0 Å². The number of hydrogen-bond acceptors (Lipinski definition) is 2. The van der Waals surface area contributed by atoms with E-state index < -0.39 is 13.3 Å². The van der Waals surface area contributed by atoms with Crippen LogP contribution in [0.15, 0.2) is 114 Å². The third-order valence-corrected chi connectivity index (χ3v) is 15.7. The van der Waals surface area contributed by atoms with Gasteiger partial charge in [0.25, 0.3) is 0 Å². The molecule has 2 aromatic rings. The molecule has 3 rings (SSSR count). The number of aliphatic hydroxyl groups excluding tert-OH is 1. The zero-order chi connectivity index (χ0) is 18.6. The fourth-order valence-electron chi connectivity index (χ4n) is 3.81. The van der Waals surface area contributed by atoms with Crippen molar-refractivity contribution >= 4 is 22.1 Å². The molecule has 3 heteroatoms. The molecule has 0 saturated carbocycles. The van der Waals surface area contributed by atoms with E-state index in [1.807, 2.05) is 54.6 Å². The third kappa shape index (κ3) is 2.97. The molecule has 2 aromatic carbocycles. The van der Waals surface area contributed by atoms with E-state index in [0.717, 1.165) is 13.2 Å². The molecule has 0 spiro atoms. The Balaban J connectivity index is 2.47. The van der Waals surface area contributed by atoms with Crippen molar-refractivity contribution in [2.75, 3.05) is 0 Å². The van der Waals surface area contributed by atoms with E-state index >= 15 is 0 Å². The quantitative estimate of drug-likeness (QED) is 0.432. The molecule has 1 aliphatic rings. The van der Waals surface area contributed by atoms with Gasteiger partial charge >= 0.3 is 157 Å². The summed E-state index contributed by atoms with van der Waals surface area (Å²) in [5.41, 5.74) is 0. The van der Waals surface area contributed by atoms with Gasteiger partial charge in [-0.15, -0.1) is 0 Å². The van der Waals surface area contributed by atoms with E-state index in [1.54, 1.807) is 12.1 Å². The van der Waals surface area contributed by atoms with Gasteiger partial charge in [-0.1, -0.05) is 0 Å². The van der Waals surface area contributed by atoms with Crippen molar-refractivity contribution in [1.29, 1.82) is 0 Å². The second kappa shape index (κ2) is 7.67. The number of rotatable bonds is 6. The zero-order valence-corrected chi connectivity index (χ0v) is 16.6. The van der Waals surface area contributed by atoms with Crippen LogP contribution in [0, 0.1) is 0 Å². The van der Waals surface area contributed by atoms with Gasteiger partial charge in [-0.05, 0) is 0 Å². The Morgan fingerprint density at radius 2 is 1.58 bits per heavy atom. The SMILES string of the molecule is C=C/C=[C](\C(=C)O)[Ge]([c]1ccccc1)([c]1ccccc1O)[CH]1C=CC=C1. The van der Waals surface area contributed by atoms with Crippen LogP contribution in [0.25, 0.3) is 0 Å². The van der Waals surface area contributed by atoms with Crippen molar-refractivity contribution < 1.29 is 10.2 Å². The van der Waals surface area contributed by atoms with E-state index in [0.29, 0.717) is 0 Å². The van der Waals surface area contributed by atoms with Crippen LogP contribution in [0.5, 0.6) is 5.75 Å². The fourth-order valence-corrected chi connectivity index (χ4v) is 14.8. The molecule has 1 aliphatic carbocycles. The second-order valence-electron chi connectivity index (χ2n) is 6.25. The Morgan fingerprint density at radius 1 is 0.962 bits per heavy atom. The summed E-state index contributed by atoms with van der Waals surface area (Å²) in [5.74, 6) is 0.284. The van der Waals surface area contributed by atoms with Crippen molar-refractivity contribution in [2.45, 2.75) is 4.75 Å². The zero-order valence-electron chi connectivity index (χ0n) is 14.5. The molecule has 0 aliphatic heterocycles. The Bertz CT molecular complexity index is 897. The summed E-state index contributed by atoms with van der Waals surface area (Å²) >= 11 is -3.56. The molecule has 26 heavy (non-hydrogen) atoms. The monoisotopic (exact) mass is 404 g/mol. The average molecular weight is 403 g/mol. The summed E-state index contributed by atoms with van der Waals surface area (Å²) in [4.78, 5) is 0.